The molecule has 5 heteroatoms. The molecule has 2 N–H and O–H groups in total. The fourth-order valence-corrected chi connectivity index (χ4v) is 2.77. The lowest BCUT2D eigenvalue weighted by molar-refractivity contribution is 0.729. The fraction of sp³-hybridized carbons (Fsp3) is 0.133. The molecule has 0 saturated heterocycles. The van der Waals surface area contributed by atoms with Gasteiger partial charge in [-0.05, 0) is 23.8 Å². The van der Waals surface area contributed by atoms with Gasteiger partial charge in [0.1, 0.15) is 0 Å². The van der Waals surface area contributed by atoms with Crippen molar-refractivity contribution in [3.05, 3.63) is 64.3 Å². The van der Waals surface area contributed by atoms with Crippen molar-refractivity contribution in [2.45, 2.75) is 12.5 Å². The first-order chi connectivity index (χ1) is 9.83. The minimum Gasteiger partial charge on any atom is -0.377 e. The summed E-state index contributed by atoms with van der Waals surface area (Å²) in [7, 11) is 0. The van der Waals surface area contributed by atoms with Crippen molar-refractivity contribution in [2.75, 3.05) is 5.32 Å². The van der Waals surface area contributed by atoms with E-state index in [1.807, 2.05) is 36.5 Å². The number of aromatic nitrogens is 3. The first-order valence-corrected chi connectivity index (χ1v) is 6.49. The van der Waals surface area contributed by atoms with Crippen LogP contribution in [0.3, 0.4) is 0 Å². The van der Waals surface area contributed by atoms with Crippen LogP contribution in [0.15, 0.2) is 47.5 Å². The van der Waals surface area contributed by atoms with Crippen molar-refractivity contribution >= 4 is 16.5 Å². The molecule has 0 spiro atoms. The van der Waals surface area contributed by atoms with E-state index < -0.39 is 0 Å². The standard InChI is InChI=1S/C15H12N4O/c20-15-10-4-1-5-11-14(10)13(18-19-15)7-12(17-11)9-3-2-6-16-8-9/h1-6,8,12,17H,7H2,(H,19,20). The molecule has 20 heavy (non-hydrogen) atoms. The molecule has 1 aliphatic heterocycles. The third kappa shape index (κ3) is 1.60. The molecule has 2 aromatic heterocycles. The van der Waals surface area contributed by atoms with Gasteiger partial charge in [0.15, 0.2) is 0 Å². The van der Waals surface area contributed by atoms with Crippen LogP contribution in [0.5, 0.6) is 0 Å². The van der Waals surface area contributed by atoms with Gasteiger partial charge in [0.25, 0.3) is 5.56 Å². The van der Waals surface area contributed by atoms with Gasteiger partial charge in [-0.1, -0.05) is 12.1 Å². The number of hydrogen-bond acceptors (Lipinski definition) is 4. The summed E-state index contributed by atoms with van der Waals surface area (Å²) >= 11 is 0. The van der Waals surface area contributed by atoms with E-state index in [0.29, 0.717) is 5.39 Å². The maximum Gasteiger partial charge on any atom is 0.272 e. The lowest BCUT2D eigenvalue weighted by Gasteiger charge is -2.26. The number of nitrogens with zero attached hydrogens (tertiary/aromatic N) is 2. The Bertz CT molecular complexity index is 829. The molecule has 0 fully saturated rings. The lowest BCUT2D eigenvalue weighted by Crippen LogP contribution is -2.22. The van der Waals surface area contributed by atoms with E-state index in [9.17, 15) is 4.79 Å². The van der Waals surface area contributed by atoms with E-state index in [0.717, 1.165) is 28.8 Å². The number of benzene rings is 1. The topological polar surface area (TPSA) is 70.7 Å². The Labute approximate surface area is 114 Å². The molecule has 3 heterocycles. The van der Waals surface area contributed by atoms with E-state index in [1.165, 1.54) is 0 Å². The van der Waals surface area contributed by atoms with E-state index in [2.05, 4.69) is 20.5 Å². The molecule has 0 aliphatic carbocycles. The number of aromatic amines is 1. The highest BCUT2D eigenvalue weighted by Gasteiger charge is 2.23. The van der Waals surface area contributed by atoms with Crippen molar-refractivity contribution in [3.63, 3.8) is 0 Å². The Morgan fingerprint density at radius 3 is 3.00 bits per heavy atom. The second kappa shape index (κ2) is 4.16. The first kappa shape index (κ1) is 11.2. The van der Waals surface area contributed by atoms with Gasteiger partial charge in [0.05, 0.1) is 17.1 Å². The zero-order valence-corrected chi connectivity index (χ0v) is 10.6. The van der Waals surface area contributed by atoms with Gasteiger partial charge < -0.3 is 5.32 Å². The Hall–Kier alpha value is -2.69. The van der Waals surface area contributed by atoms with Crippen LogP contribution in [-0.2, 0) is 6.42 Å². The molecule has 0 radical (unpaired) electrons. The zero-order chi connectivity index (χ0) is 13.5. The smallest absolute Gasteiger partial charge is 0.272 e. The molecular formula is C15H12N4O. The molecule has 0 saturated carbocycles. The third-order valence-corrected chi connectivity index (χ3v) is 3.70. The number of pyridine rings is 1. The van der Waals surface area contributed by atoms with Crippen LogP contribution >= 0.6 is 0 Å². The molecule has 1 atom stereocenters. The van der Waals surface area contributed by atoms with E-state index in [1.54, 1.807) is 6.20 Å². The molecule has 1 aromatic carbocycles. The minimum atomic E-state index is -0.146. The Morgan fingerprint density at radius 2 is 2.15 bits per heavy atom. The van der Waals surface area contributed by atoms with Crippen LogP contribution in [0.1, 0.15) is 17.3 Å². The second-order valence-corrected chi connectivity index (χ2v) is 4.91. The Morgan fingerprint density at radius 1 is 1.20 bits per heavy atom. The predicted octanol–water partition coefficient (Wildman–Crippen LogP) is 2.03. The van der Waals surface area contributed by atoms with Crippen molar-refractivity contribution in [1.29, 1.82) is 0 Å². The lowest BCUT2D eigenvalue weighted by atomic mass is 9.95. The summed E-state index contributed by atoms with van der Waals surface area (Å²) in [5.41, 5.74) is 2.84. The fourth-order valence-electron chi connectivity index (χ4n) is 2.77. The van der Waals surface area contributed by atoms with Crippen molar-refractivity contribution < 1.29 is 0 Å². The average Bonchev–Trinajstić information content (AvgIpc) is 2.51. The van der Waals surface area contributed by atoms with Crippen LogP contribution in [0.4, 0.5) is 5.69 Å². The third-order valence-electron chi connectivity index (χ3n) is 3.70. The average molecular weight is 264 g/mol. The van der Waals surface area contributed by atoms with E-state index in [4.69, 9.17) is 0 Å². The summed E-state index contributed by atoms with van der Waals surface area (Å²) < 4.78 is 0. The van der Waals surface area contributed by atoms with Crippen LogP contribution in [-0.4, -0.2) is 15.2 Å². The van der Waals surface area contributed by atoms with Gasteiger partial charge in [0.2, 0.25) is 0 Å². The molecule has 1 aliphatic rings. The van der Waals surface area contributed by atoms with E-state index in [-0.39, 0.29) is 11.6 Å². The van der Waals surface area contributed by atoms with Gasteiger partial charge in [0, 0.05) is 29.9 Å². The molecule has 1 unspecified atom stereocenters. The number of hydrogen-bond donors (Lipinski definition) is 2. The predicted molar refractivity (Wildman–Crippen MR) is 76.7 cm³/mol. The van der Waals surface area contributed by atoms with Crippen molar-refractivity contribution in [1.82, 2.24) is 15.2 Å². The van der Waals surface area contributed by atoms with Crippen LogP contribution in [0.25, 0.3) is 10.8 Å². The molecule has 3 aromatic rings. The van der Waals surface area contributed by atoms with Crippen LogP contribution in [0.2, 0.25) is 0 Å². The van der Waals surface area contributed by atoms with E-state index >= 15 is 0 Å². The summed E-state index contributed by atoms with van der Waals surface area (Å²) in [4.78, 5) is 16.0. The van der Waals surface area contributed by atoms with Gasteiger partial charge >= 0.3 is 0 Å². The van der Waals surface area contributed by atoms with Gasteiger partial charge in [-0.25, -0.2) is 5.10 Å². The number of rotatable bonds is 1. The summed E-state index contributed by atoms with van der Waals surface area (Å²) in [6, 6.07) is 9.79. The molecule has 0 amide bonds. The van der Waals surface area contributed by atoms with Gasteiger partial charge in [-0.2, -0.15) is 5.10 Å². The molecule has 98 valence electrons. The largest absolute Gasteiger partial charge is 0.377 e. The Balaban J connectivity index is 1.89. The number of nitrogens with one attached hydrogen (secondary N) is 2. The van der Waals surface area contributed by atoms with Crippen molar-refractivity contribution in [3.8, 4) is 0 Å². The minimum absolute atomic E-state index is 0.125. The van der Waals surface area contributed by atoms with Crippen molar-refractivity contribution in [2.24, 2.45) is 0 Å². The first-order valence-electron chi connectivity index (χ1n) is 6.49. The summed E-state index contributed by atoms with van der Waals surface area (Å²) in [6.45, 7) is 0. The van der Waals surface area contributed by atoms with Crippen LogP contribution < -0.4 is 10.9 Å². The molecular weight excluding hydrogens is 252 g/mol. The SMILES string of the molecule is O=c1[nH]nc2c3c(cccc13)NC(c1cccnc1)C2. The zero-order valence-electron chi connectivity index (χ0n) is 10.6. The Kier molecular flexibility index (Phi) is 2.32. The van der Waals surface area contributed by atoms with Gasteiger partial charge in [-0.3, -0.25) is 9.78 Å². The molecule has 4 rings (SSSR count). The van der Waals surface area contributed by atoms with Gasteiger partial charge in [-0.15, -0.1) is 0 Å². The maximum absolute atomic E-state index is 11.8. The highest BCUT2D eigenvalue weighted by molar-refractivity contribution is 5.96. The summed E-state index contributed by atoms with van der Waals surface area (Å²) in [6.07, 6.45) is 4.35. The molecule has 5 nitrogen and oxygen atoms in total. The highest BCUT2D eigenvalue weighted by atomic mass is 16.1. The monoisotopic (exact) mass is 264 g/mol. The second-order valence-electron chi connectivity index (χ2n) is 4.91. The maximum atomic E-state index is 11.8. The normalized spacial score (nSPS) is 16.9. The quantitative estimate of drug-likeness (QED) is 0.705. The number of H-pyrrole nitrogens is 1. The highest BCUT2D eigenvalue weighted by Crippen LogP contribution is 2.34. The van der Waals surface area contributed by atoms with Crippen LogP contribution in [0, 0.1) is 0 Å². The molecule has 0 bridgehead atoms. The number of anilines is 1. The summed E-state index contributed by atoms with van der Waals surface area (Å²) in [5.74, 6) is 0. The summed E-state index contributed by atoms with van der Waals surface area (Å²) in [5, 5.41) is 11.9.